The molecule has 0 radical (unpaired) electrons. The molecular weight excluding hydrogens is 302 g/mol. The Kier molecular flexibility index (Phi) is 6.13. The topological polar surface area (TPSA) is 55.4 Å². The molecule has 4 nitrogen and oxygen atoms in total. The summed E-state index contributed by atoms with van der Waals surface area (Å²) in [6, 6.07) is 18.7. The van der Waals surface area contributed by atoms with Gasteiger partial charge in [0.2, 0.25) is 5.24 Å². The van der Waals surface area contributed by atoms with Crippen LogP contribution in [0.5, 0.6) is 0 Å². The van der Waals surface area contributed by atoms with E-state index < -0.39 is 17.3 Å². The largest absolute Gasteiger partial charge is 0.359 e. The van der Waals surface area contributed by atoms with Gasteiger partial charge in [-0.15, -0.1) is 0 Å². The third kappa shape index (κ3) is 4.98. The fraction of sp³-hybridized carbons (Fsp3) is 0.176. The van der Waals surface area contributed by atoms with Crippen LogP contribution in [0.25, 0.3) is 0 Å². The average Bonchev–Trinajstić information content (AvgIpc) is 2.55. The lowest BCUT2D eigenvalue weighted by molar-refractivity contribution is -0.135. The highest BCUT2D eigenvalue weighted by Gasteiger charge is 2.21. The van der Waals surface area contributed by atoms with Gasteiger partial charge < -0.3 is 10.1 Å². The number of nitrogens with one attached hydrogen (secondary N) is 1. The van der Waals surface area contributed by atoms with Gasteiger partial charge in [0.05, 0.1) is 13.2 Å². The predicted octanol–water partition coefficient (Wildman–Crippen LogP) is 2.83. The van der Waals surface area contributed by atoms with E-state index >= 15 is 0 Å². The van der Waals surface area contributed by atoms with Gasteiger partial charge in [0, 0.05) is 0 Å². The molecule has 0 aromatic heterocycles. The summed E-state index contributed by atoms with van der Waals surface area (Å²) < 4.78 is 5.74. The summed E-state index contributed by atoms with van der Waals surface area (Å²) in [5.74, 6) is -0.392. The Labute approximate surface area is 134 Å². The maximum atomic E-state index is 12.2. The SMILES string of the molecule is O=C(Cl)CNC(=O)C(OCc1ccccc1)c1ccccc1. The molecule has 1 amide bonds. The van der Waals surface area contributed by atoms with Gasteiger partial charge in [0.25, 0.3) is 5.91 Å². The van der Waals surface area contributed by atoms with E-state index in [2.05, 4.69) is 5.32 Å². The van der Waals surface area contributed by atoms with E-state index in [1.165, 1.54) is 0 Å². The molecule has 0 aliphatic carbocycles. The third-order valence-electron chi connectivity index (χ3n) is 3.00. The molecule has 0 spiro atoms. The lowest BCUT2D eigenvalue weighted by atomic mass is 10.1. The van der Waals surface area contributed by atoms with Crippen LogP contribution in [0.4, 0.5) is 0 Å². The molecule has 1 atom stereocenters. The number of benzene rings is 2. The minimum absolute atomic E-state index is 0.224. The number of amides is 1. The van der Waals surface area contributed by atoms with Gasteiger partial charge in [0.15, 0.2) is 6.10 Å². The number of ether oxygens (including phenoxy) is 1. The van der Waals surface area contributed by atoms with Crippen LogP contribution in [0.2, 0.25) is 0 Å². The lowest BCUT2D eigenvalue weighted by Crippen LogP contribution is -2.33. The van der Waals surface area contributed by atoms with Gasteiger partial charge in [-0.2, -0.15) is 0 Å². The van der Waals surface area contributed by atoms with E-state index in [1.54, 1.807) is 12.1 Å². The zero-order valence-corrected chi connectivity index (χ0v) is 12.6. The molecule has 0 saturated carbocycles. The first-order valence-corrected chi connectivity index (χ1v) is 7.21. The quantitative estimate of drug-likeness (QED) is 0.799. The van der Waals surface area contributed by atoms with Crippen LogP contribution >= 0.6 is 11.6 Å². The Morgan fingerprint density at radius 2 is 1.59 bits per heavy atom. The Balaban J connectivity index is 2.08. The number of rotatable bonds is 7. The summed E-state index contributed by atoms with van der Waals surface area (Å²) in [4.78, 5) is 23.0. The van der Waals surface area contributed by atoms with E-state index in [0.717, 1.165) is 11.1 Å². The van der Waals surface area contributed by atoms with Crippen LogP contribution in [-0.2, 0) is 20.9 Å². The Hall–Kier alpha value is -2.17. The second-order valence-electron chi connectivity index (χ2n) is 4.66. The first kappa shape index (κ1) is 16.2. The molecule has 2 rings (SSSR count). The summed E-state index contributed by atoms with van der Waals surface area (Å²) in [5, 5.41) is 1.85. The summed E-state index contributed by atoms with van der Waals surface area (Å²) in [7, 11) is 0. The molecule has 0 aliphatic heterocycles. The van der Waals surface area contributed by atoms with Crippen LogP contribution in [0, 0.1) is 0 Å². The molecule has 1 unspecified atom stereocenters. The molecule has 0 heterocycles. The van der Waals surface area contributed by atoms with Crippen molar-refractivity contribution in [3.63, 3.8) is 0 Å². The van der Waals surface area contributed by atoms with Gasteiger partial charge in [-0.25, -0.2) is 0 Å². The first-order chi connectivity index (χ1) is 10.7. The number of carbonyl (C=O) groups excluding carboxylic acids is 2. The van der Waals surface area contributed by atoms with Crippen molar-refractivity contribution in [3.8, 4) is 0 Å². The van der Waals surface area contributed by atoms with Crippen LogP contribution in [-0.4, -0.2) is 17.7 Å². The predicted molar refractivity (Wildman–Crippen MR) is 84.3 cm³/mol. The molecule has 0 bridgehead atoms. The minimum atomic E-state index is -0.794. The van der Waals surface area contributed by atoms with E-state index in [-0.39, 0.29) is 6.54 Å². The molecule has 1 N–H and O–H groups in total. The number of hydrogen-bond donors (Lipinski definition) is 1. The Morgan fingerprint density at radius 1 is 1.00 bits per heavy atom. The van der Waals surface area contributed by atoms with Crippen molar-refractivity contribution in [1.29, 1.82) is 0 Å². The zero-order valence-electron chi connectivity index (χ0n) is 11.9. The molecule has 22 heavy (non-hydrogen) atoms. The molecule has 5 heteroatoms. The van der Waals surface area contributed by atoms with Crippen molar-refractivity contribution in [2.75, 3.05) is 6.54 Å². The highest BCUT2D eigenvalue weighted by atomic mass is 35.5. The number of halogens is 1. The summed E-state index contributed by atoms with van der Waals surface area (Å²) >= 11 is 5.25. The molecule has 2 aromatic carbocycles. The molecule has 0 fully saturated rings. The lowest BCUT2D eigenvalue weighted by Gasteiger charge is -2.17. The smallest absolute Gasteiger partial charge is 0.254 e. The Morgan fingerprint density at radius 3 is 2.18 bits per heavy atom. The van der Waals surface area contributed by atoms with Gasteiger partial charge >= 0.3 is 0 Å². The molecule has 114 valence electrons. The zero-order chi connectivity index (χ0) is 15.8. The fourth-order valence-electron chi connectivity index (χ4n) is 1.95. The van der Waals surface area contributed by atoms with Crippen LogP contribution in [0.3, 0.4) is 0 Å². The van der Waals surface area contributed by atoms with E-state index in [4.69, 9.17) is 16.3 Å². The maximum Gasteiger partial charge on any atom is 0.254 e. The third-order valence-corrected chi connectivity index (χ3v) is 3.14. The Bertz CT molecular complexity index is 616. The average molecular weight is 318 g/mol. The van der Waals surface area contributed by atoms with Crippen molar-refractivity contribution in [1.82, 2.24) is 5.32 Å². The molecular formula is C17H16ClNO3. The monoisotopic (exact) mass is 317 g/mol. The van der Waals surface area contributed by atoms with Crippen LogP contribution in [0.15, 0.2) is 60.7 Å². The van der Waals surface area contributed by atoms with Crippen molar-refractivity contribution in [3.05, 3.63) is 71.8 Å². The fourth-order valence-corrected chi connectivity index (χ4v) is 2.02. The van der Waals surface area contributed by atoms with E-state index in [0.29, 0.717) is 6.61 Å². The van der Waals surface area contributed by atoms with E-state index in [9.17, 15) is 9.59 Å². The van der Waals surface area contributed by atoms with Crippen molar-refractivity contribution in [2.45, 2.75) is 12.7 Å². The standard InChI is InChI=1S/C17H16ClNO3/c18-15(20)11-19-17(21)16(14-9-5-2-6-10-14)22-12-13-7-3-1-4-8-13/h1-10,16H,11-12H2,(H,19,21). The second kappa shape index (κ2) is 8.32. The normalized spacial score (nSPS) is 11.7. The van der Waals surface area contributed by atoms with Gasteiger partial charge in [0.1, 0.15) is 0 Å². The minimum Gasteiger partial charge on any atom is -0.359 e. The highest BCUT2D eigenvalue weighted by molar-refractivity contribution is 6.64. The maximum absolute atomic E-state index is 12.2. The number of hydrogen-bond acceptors (Lipinski definition) is 3. The molecule has 0 saturated heterocycles. The first-order valence-electron chi connectivity index (χ1n) is 6.83. The molecule has 0 aliphatic rings. The summed E-state index contributed by atoms with van der Waals surface area (Å²) in [6.45, 7) is 0.0705. The highest BCUT2D eigenvalue weighted by Crippen LogP contribution is 2.19. The van der Waals surface area contributed by atoms with Crippen LogP contribution < -0.4 is 5.32 Å². The second-order valence-corrected chi connectivity index (χ2v) is 5.08. The van der Waals surface area contributed by atoms with Gasteiger partial charge in [-0.05, 0) is 22.7 Å². The number of carbonyl (C=O) groups is 2. The summed E-state index contributed by atoms with van der Waals surface area (Å²) in [5.41, 5.74) is 1.68. The van der Waals surface area contributed by atoms with Crippen molar-refractivity contribution >= 4 is 22.8 Å². The van der Waals surface area contributed by atoms with Crippen LogP contribution in [0.1, 0.15) is 17.2 Å². The molecule has 2 aromatic rings. The van der Waals surface area contributed by atoms with Crippen molar-refractivity contribution < 1.29 is 14.3 Å². The van der Waals surface area contributed by atoms with Gasteiger partial charge in [-0.1, -0.05) is 60.7 Å². The summed E-state index contributed by atoms with van der Waals surface area (Å²) in [6.07, 6.45) is -0.794. The van der Waals surface area contributed by atoms with Crippen molar-refractivity contribution in [2.24, 2.45) is 0 Å². The van der Waals surface area contributed by atoms with E-state index in [1.807, 2.05) is 48.5 Å². The van der Waals surface area contributed by atoms with Gasteiger partial charge in [-0.3, -0.25) is 9.59 Å².